The predicted octanol–water partition coefficient (Wildman–Crippen LogP) is 6.90. The van der Waals surface area contributed by atoms with Gasteiger partial charge in [0.2, 0.25) is 0 Å². The SMILES string of the molecule is CCCCCCCCC1OOC1CCCCCCCCCCCC(=O)OC. The molecule has 2 atom stereocenters. The fourth-order valence-corrected chi connectivity index (χ4v) is 3.76. The average molecular weight is 385 g/mol. The Kier molecular flexibility index (Phi) is 15.8. The van der Waals surface area contributed by atoms with E-state index in [1.165, 1.54) is 97.0 Å². The third-order valence-corrected chi connectivity index (χ3v) is 5.66. The van der Waals surface area contributed by atoms with Crippen molar-refractivity contribution in [3.63, 3.8) is 0 Å². The minimum absolute atomic E-state index is 0.0787. The number of esters is 1. The van der Waals surface area contributed by atoms with Gasteiger partial charge in [0, 0.05) is 6.42 Å². The summed E-state index contributed by atoms with van der Waals surface area (Å²) in [7, 11) is 1.46. The van der Waals surface area contributed by atoms with Gasteiger partial charge < -0.3 is 4.74 Å². The van der Waals surface area contributed by atoms with E-state index in [2.05, 4.69) is 11.7 Å². The van der Waals surface area contributed by atoms with Crippen LogP contribution < -0.4 is 0 Å². The Bertz CT molecular complexity index is 345. The molecule has 1 rings (SSSR count). The van der Waals surface area contributed by atoms with Gasteiger partial charge in [-0.3, -0.25) is 4.79 Å². The van der Waals surface area contributed by atoms with Gasteiger partial charge in [-0.2, -0.15) is 0 Å². The van der Waals surface area contributed by atoms with Gasteiger partial charge in [-0.25, -0.2) is 9.78 Å². The molecule has 1 fully saturated rings. The summed E-state index contributed by atoms with van der Waals surface area (Å²) in [6.45, 7) is 2.26. The van der Waals surface area contributed by atoms with Gasteiger partial charge >= 0.3 is 5.97 Å². The Labute approximate surface area is 167 Å². The Morgan fingerprint density at radius 3 is 1.48 bits per heavy atom. The number of unbranched alkanes of at least 4 members (excludes halogenated alkanes) is 13. The maximum atomic E-state index is 11.0. The maximum Gasteiger partial charge on any atom is 0.305 e. The summed E-state index contributed by atoms with van der Waals surface area (Å²) in [5.41, 5.74) is 0. The second-order valence-electron chi connectivity index (χ2n) is 8.12. The summed E-state index contributed by atoms with van der Waals surface area (Å²) in [4.78, 5) is 21.6. The molecule has 2 unspecified atom stereocenters. The number of rotatable bonds is 19. The summed E-state index contributed by atoms with van der Waals surface area (Å²) in [6, 6.07) is 0. The first-order valence-electron chi connectivity index (χ1n) is 11.7. The molecule has 27 heavy (non-hydrogen) atoms. The lowest BCUT2D eigenvalue weighted by molar-refractivity contribution is -0.466. The van der Waals surface area contributed by atoms with E-state index in [9.17, 15) is 4.79 Å². The average Bonchev–Trinajstić information content (AvgIpc) is 2.66. The van der Waals surface area contributed by atoms with Gasteiger partial charge in [0.1, 0.15) is 12.2 Å². The van der Waals surface area contributed by atoms with Crippen molar-refractivity contribution in [2.75, 3.05) is 7.11 Å². The van der Waals surface area contributed by atoms with Crippen LogP contribution in [0.1, 0.15) is 122 Å². The Morgan fingerprint density at radius 1 is 0.667 bits per heavy atom. The molecule has 1 aliphatic rings. The van der Waals surface area contributed by atoms with Gasteiger partial charge in [-0.1, -0.05) is 96.8 Å². The van der Waals surface area contributed by atoms with Crippen LogP contribution in [-0.2, 0) is 19.3 Å². The highest BCUT2D eigenvalue weighted by Gasteiger charge is 2.33. The quantitative estimate of drug-likeness (QED) is 0.138. The van der Waals surface area contributed by atoms with E-state index < -0.39 is 0 Å². The van der Waals surface area contributed by atoms with Crippen molar-refractivity contribution in [1.82, 2.24) is 0 Å². The molecule has 160 valence electrons. The van der Waals surface area contributed by atoms with Gasteiger partial charge in [0.25, 0.3) is 0 Å². The molecule has 0 aromatic rings. The molecular formula is C23H44O4. The lowest BCUT2D eigenvalue weighted by Gasteiger charge is -2.35. The van der Waals surface area contributed by atoms with E-state index in [0.29, 0.717) is 18.6 Å². The molecule has 0 aliphatic carbocycles. The second-order valence-corrected chi connectivity index (χ2v) is 8.12. The van der Waals surface area contributed by atoms with E-state index in [0.717, 1.165) is 19.3 Å². The number of carbonyl (C=O) groups is 1. The summed E-state index contributed by atoms with van der Waals surface area (Å²) in [5, 5.41) is 0. The van der Waals surface area contributed by atoms with Crippen molar-refractivity contribution in [3.8, 4) is 0 Å². The molecule has 4 nitrogen and oxygen atoms in total. The van der Waals surface area contributed by atoms with Crippen LogP contribution in [0.2, 0.25) is 0 Å². The second kappa shape index (κ2) is 17.5. The highest BCUT2D eigenvalue weighted by atomic mass is 17.2. The van der Waals surface area contributed by atoms with E-state index in [1.54, 1.807) is 0 Å². The fourth-order valence-electron chi connectivity index (χ4n) is 3.76. The standard InChI is InChI=1S/C23H44O4/c1-3-4-5-6-12-15-18-21-22(27-26-21)19-16-13-10-8-7-9-11-14-17-20-23(24)25-2/h21-22H,3-20H2,1-2H3. The van der Waals surface area contributed by atoms with Crippen molar-refractivity contribution in [3.05, 3.63) is 0 Å². The van der Waals surface area contributed by atoms with E-state index >= 15 is 0 Å². The lowest BCUT2D eigenvalue weighted by atomic mass is 9.98. The molecule has 0 amide bonds. The van der Waals surface area contributed by atoms with Crippen LogP contribution in [0.5, 0.6) is 0 Å². The van der Waals surface area contributed by atoms with Crippen LogP contribution in [0.3, 0.4) is 0 Å². The topological polar surface area (TPSA) is 44.8 Å². The molecular weight excluding hydrogens is 340 g/mol. The highest BCUT2D eigenvalue weighted by molar-refractivity contribution is 5.68. The Morgan fingerprint density at radius 2 is 1.07 bits per heavy atom. The summed E-state index contributed by atoms with van der Waals surface area (Å²) >= 11 is 0. The number of ether oxygens (including phenoxy) is 1. The molecule has 0 aromatic heterocycles. The molecule has 0 bridgehead atoms. The molecule has 0 saturated carbocycles. The summed E-state index contributed by atoms with van der Waals surface area (Å²) in [5.74, 6) is -0.0787. The number of carbonyl (C=O) groups excluding carboxylic acids is 1. The van der Waals surface area contributed by atoms with Crippen LogP contribution in [0.25, 0.3) is 0 Å². The smallest absolute Gasteiger partial charge is 0.305 e. The summed E-state index contributed by atoms with van der Waals surface area (Å²) < 4.78 is 4.65. The van der Waals surface area contributed by atoms with Gasteiger partial charge in [0.15, 0.2) is 0 Å². The monoisotopic (exact) mass is 384 g/mol. The zero-order chi connectivity index (χ0) is 19.6. The molecule has 0 aromatic carbocycles. The van der Waals surface area contributed by atoms with Crippen molar-refractivity contribution in [2.24, 2.45) is 0 Å². The van der Waals surface area contributed by atoms with E-state index in [-0.39, 0.29) is 5.97 Å². The third-order valence-electron chi connectivity index (χ3n) is 5.66. The molecule has 0 spiro atoms. The first-order chi connectivity index (χ1) is 13.3. The Hall–Kier alpha value is -0.610. The number of methoxy groups -OCH3 is 1. The zero-order valence-corrected chi connectivity index (χ0v) is 18.0. The number of hydrogen-bond donors (Lipinski definition) is 0. The molecule has 4 heteroatoms. The predicted molar refractivity (Wildman–Crippen MR) is 111 cm³/mol. The summed E-state index contributed by atoms with van der Waals surface area (Å²) in [6.07, 6.45) is 22.9. The van der Waals surface area contributed by atoms with Crippen molar-refractivity contribution in [1.29, 1.82) is 0 Å². The highest BCUT2D eigenvalue weighted by Crippen LogP contribution is 2.27. The van der Waals surface area contributed by atoms with Gasteiger partial charge in [-0.15, -0.1) is 0 Å². The molecule has 0 radical (unpaired) electrons. The first kappa shape index (κ1) is 24.4. The van der Waals surface area contributed by atoms with Crippen LogP contribution in [-0.4, -0.2) is 25.3 Å². The van der Waals surface area contributed by atoms with Gasteiger partial charge in [-0.05, 0) is 19.3 Å². The van der Waals surface area contributed by atoms with Crippen LogP contribution in [0.15, 0.2) is 0 Å². The molecule has 1 heterocycles. The van der Waals surface area contributed by atoms with Crippen LogP contribution in [0.4, 0.5) is 0 Å². The minimum Gasteiger partial charge on any atom is -0.469 e. The first-order valence-corrected chi connectivity index (χ1v) is 11.7. The van der Waals surface area contributed by atoms with E-state index in [4.69, 9.17) is 9.78 Å². The largest absolute Gasteiger partial charge is 0.469 e. The number of hydrogen-bond acceptors (Lipinski definition) is 4. The Balaban J connectivity index is 1.80. The molecule has 1 saturated heterocycles. The maximum absolute atomic E-state index is 11.0. The zero-order valence-electron chi connectivity index (χ0n) is 18.0. The normalized spacial score (nSPS) is 19.0. The van der Waals surface area contributed by atoms with Gasteiger partial charge in [0.05, 0.1) is 7.11 Å². The lowest BCUT2D eigenvalue weighted by Crippen LogP contribution is -2.42. The van der Waals surface area contributed by atoms with Crippen LogP contribution in [0, 0.1) is 0 Å². The van der Waals surface area contributed by atoms with Crippen molar-refractivity contribution < 1.29 is 19.3 Å². The molecule has 0 N–H and O–H groups in total. The van der Waals surface area contributed by atoms with Crippen LogP contribution >= 0.6 is 0 Å². The minimum atomic E-state index is -0.0787. The molecule has 1 aliphatic heterocycles. The van der Waals surface area contributed by atoms with Crippen molar-refractivity contribution in [2.45, 2.75) is 135 Å². The van der Waals surface area contributed by atoms with E-state index in [1.807, 2.05) is 0 Å². The fraction of sp³-hybridized carbons (Fsp3) is 0.957. The van der Waals surface area contributed by atoms with Crippen molar-refractivity contribution >= 4 is 5.97 Å². The third kappa shape index (κ3) is 13.2.